The molecule has 5 nitrogen and oxygen atoms in total. The number of rotatable bonds is 1. The fourth-order valence-corrected chi connectivity index (χ4v) is 1.65. The third-order valence-corrected chi connectivity index (χ3v) is 2.54. The van der Waals surface area contributed by atoms with Crippen LogP contribution in [-0.4, -0.2) is 41.4 Å². The second kappa shape index (κ2) is 3.94. The summed E-state index contributed by atoms with van der Waals surface area (Å²) in [5, 5.41) is 2.54. The lowest BCUT2D eigenvalue weighted by Crippen LogP contribution is -2.29. The van der Waals surface area contributed by atoms with Crippen LogP contribution >= 0.6 is 0 Å². The van der Waals surface area contributed by atoms with E-state index in [4.69, 9.17) is 0 Å². The number of nitrogens with zero attached hydrogens (tertiary/aromatic N) is 3. The van der Waals surface area contributed by atoms with E-state index in [0.29, 0.717) is 5.69 Å². The normalized spacial score (nSPS) is 15.9. The molecule has 0 saturated heterocycles. The third-order valence-electron chi connectivity index (χ3n) is 2.54. The molecule has 0 atom stereocenters. The molecule has 0 fully saturated rings. The Hall–Kier alpha value is -1.49. The lowest BCUT2D eigenvalue weighted by molar-refractivity contribution is 0.0957. The van der Waals surface area contributed by atoms with E-state index >= 15 is 0 Å². The summed E-state index contributed by atoms with van der Waals surface area (Å²) in [7, 11) is 3.65. The van der Waals surface area contributed by atoms with Gasteiger partial charge < -0.3 is 10.2 Å². The largest absolute Gasteiger partial charge is 0.354 e. The van der Waals surface area contributed by atoms with Crippen LogP contribution in [0.5, 0.6) is 0 Å². The molecule has 1 aromatic rings. The van der Waals surface area contributed by atoms with Crippen molar-refractivity contribution in [1.29, 1.82) is 0 Å². The highest BCUT2D eigenvalue weighted by atomic mass is 16.1. The maximum absolute atomic E-state index is 11.3. The molecule has 1 aliphatic heterocycles. The molecule has 2 rings (SSSR count). The Kier molecular flexibility index (Phi) is 2.64. The van der Waals surface area contributed by atoms with Crippen LogP contribution in [0.4, 0.5) is 0 Å². The Bertz CT molecular complexity index is 391. The van der Waals surface area contributed by atoms with Crippen molar-refractivity contribution in [3.63, 3.8) is 0 Å². The number of fused-ring (bicyclic) bond motifs is 1. The average molecular weight is 206 g/mol. The number of nitrogens with one attached hydrogen (secondary N) is 1. The Morgan fingerprint density at radius 3 is 3.07 bits per heavy atom. The predicted octanol–water partition coefficient (Wildman–Crippen LogP) is -0.176. The minimum absolute atomic E-state index is 0.177. The van der Waals surface area contributed by atoms with E-state index in [9.17, 15) is 4.79 Å². The molecular formula is C10H14N4O. The molecule has 1 amide bonds. The SMILES string of the molecule is CNC(=O)c1cnc2c(n1)CCN(C)C2. The summed E-state index contributed by atoms with van der Waals surface area (Å²) in [4.78, 5) is 22.1. The maximum Gasteiger partial charge on any atom is 0.271 e. The summed E-state index contributed by atoms with van der Waals surface area (Å²) in [5.74, 6) is -0.177. The molecule has 80 valence electrons. The van der Waals surface area contributed by atoms with Gasteiger partial charge in [-0.05, 0) is 7.05 Å². The summed E-state index contributed by atoms with van der Waals surface area (Å²) in [6.07, 6.45) is 2.40. The molecule has 1 N–H and O–H groups in total. The van der Waals surface area contributed by atoms with E-state index in [-0.39, 0.29) is 5.91 Å². The summed E-state index contributed by atoms with van der Waals surface area (Å²) in [6, 6.07) is 0. The maximum atomic E-state index is 11.3. The van der Waals surface area contributed by atoms with Crippen molar-refractivity contribution in [2.45, 2.75) is 13.0 Å². The predicted molar refractivity (Wildman–Crippen MR) is 55.5 cm³/mol. The topological polar surface area (TPSA) is 58.1 Å². The van der Waals surface area contributed by atoms with E-state index in [2.05, 4.69) is 27.2 Å². The quantitative estimate of drug-likeness (QED) is 0.692. The van der Waals surface area contributed by atoms with Gasteiger partial charge in [-0.1, -0.05) is 0 Å². The second-order valence-corrected chi connectivity index (χ2v) is 3.72. The van der Waals surface area contributed by atoms with Crippen molar-refractivity contribution in [2.24, 2.45) is 0 Å². The number of carbonyl (C=O) groups is 1. The van der Waals surface area contributed by atoms with Crippen molar-refractivity contribution >= 4 is 5.91 Å². The first kappa shape index (κ1) is 10.0. The van der Waals surface area contributed by atoms with Gasteiger partial charge in [-0.2, -0.15) is 0 Å². The minimum Gasteiger partial charge on any atom is -0.354 e. The number of aromatic nitrogens is 2. The van der Waals surface area contributed by atoms with Crippen LogP contribution in [0.2, 0.25) is 0 Å². The highest BCUT2D eigenvalue weighted by Crippen LogP contribution is 2.13. The van der Waals surface area contributed by atoms with Crippen molar-refractivity contribution in [3.8, 4) is 0 Å². The van der Waals surface area contributed by atoms with Gasteiger partial charge in [-0.25, -0.2) is 4.98 Å². The number of likely N-dealkylation sites (N-methyl/N-ethyl adjacent to an activating group) is 1. The first-order valence-corrected chi connectivity index (χ1v) is 4.96. The van der Waals surface area contributed by atoms with E-state index in [0.717, 1.165) is 30.9 Å². The summed E-state index contributed by atoms with van der Waals surface area (Å²) >= 11 is 0. The van der Waals surface area contributed by atoms with Crippen LogP contribution in [0.25, 0.3) is 0 Å². The molecule has 0 aliphatic carbocycles. The van der Waals surface area contributed by atoms with Gasteiger partial charge >= 0.3 is 0 Å². The Labute approximate surface area is 88.5 Å². The van der Waals surface area contributed by atoms with Gasteiger partial charge in [0.2, 0.25) is 0 Å². The molecule has 2 heterocycles. The van der Waals surface area contributed by atoms with E-state index in [1.165, 1.54) is 6.20 Å². The standard InChI is InChI=1S/C10H14N4O/c1-11-10(15)8-5-12-9-6-14(2)4-3-7(9)13-8/h5H,3-4,6H2,1-2H3,(H,11,15). The highest BCUT2D eigenvalue weighted by Gasteiger charge is 2.17. The van der Waals surface area contributed by atoms with Gasteiger partial charge in [-0.3, -0.25) is 9.78 Å². The first-order chi connectivity index (χ1) is 7.20. The minimum atomic E-state index is -0.177. The lowest BCUT2D eigenvalue weighted by atomic mass is 10.1. The van der Waals surface area contributed by atoms with Gasteiger partial charge in [0.05, 0.1) is 17.6 Å². The zero-order chi connectivity index (χ0) is 10.8. The van der Waals surface area contributed by atoms with Crippen molar-refractivity contribution < 1.29 is 4.79 Å². The number of hydrogen-bond donors (Lipinski definition) is 1. The molecule has 0 saturated carbocycles. The highest BCUT2D eigenvalue weighted by molar-refractivity contribution is 5.91. The molecule has 1 aromatic heterocycles. The van der Waals surface area contributed by atoms with E-state index in [1.54, 1.807) is 7.05 Å². The number of hydrogen-bond acceptors (Lipinski definition) is 4. The molecule has 0 aromatic carbocycles. The van der Waals surface area contributed by atoms with Crippen LogP contribution in [0.15, 0.2) is 6.20 Å². The van der Waals surface area contributed by atoms with E-state index < -0.39 is 0 Å². The molecule has 0 unspecified atom stereocenters. The van der Waals surface area contributed by atoms with Crippen LogP contribution in [0.3, 0.4) is 0 Å². The zero-order valence-corrected chi connectivity index (χ0v) is 8.95. The second-order valence-electron chi connectivity index (χ2n) is 3.72. The third kappa shape index (κ3) is 1.97. The van der Waals surface area contributed by atoms with Crippen molar-refractivity contribution in [2.75, 3.05) is 20.6 Å². The first-order valence-electron chi connectivity index (χ1n) is 4.96. The average Bonchev–Trinajstić information content (AvgIpc) is 2.27. The van der Waals surface area contributed by atoms with Crippen LogP contribution in [0.1, 0.15) is 21.9 Å². The van der Waals surface area contributed by atoms with Gasteiger partial charge in [-0.15, -0.1) is 0 Å². The number of amides is 1. The Balaban J connectivity index is 2.30. The fraction of sp³-hybridized carbons (Fsp3) is 0.500. The van der Waals surface area contributed by atoms with Gasteiger partial charge in [0.1, 0.15) is 5.69 Å². The zero-order valence-electron chi connectivity index (χ0n) is 8.95. The van der Waals surface area contributed by atoms with Crippen molar-refractivity contribution in [3.05, 3.63) is 23.3 Å². The van der Waals surface area contributed by atoms with Gasteiger partial charge in [0.15, 0.2) is 0 Å². The molecule has 0 bridgehead atoms. The summed E-state index contributed by atoms with van der Waals surface area (Å²) in [6.45, 7) is 1.79. The molecule has 5 heteroatoms. The summed E-state index contributed by atoms with van der Waals surface area (Å²) in [5.41, 5.74) is 2.34. The van der Waals surface area contributed by atoms with Crippen LogP contribution in [-0.2, 0) is 13.0 Å². The number of carbonyl (C=O) groups excluding carboxylic acids is 1. The monoisotopic (exact) mass is 206 g/mol. The van der Waals surface area contributed by atoms with Crippen LogP contribution < -0.4 is 5.32 Å². The van der Waals surface area contributed by atoms with E-state index in [1.807, 2.05) is 0 Å². The molecular weight excluding hydrogens is 192 g/mol. The molecule has 15 heavy (non-hydrogen) atoms. The van der Waals surface area contributed by atoms with Gasteiger partial charge in [0, 0.05) is 26.6 Å². The van der Waals surface area contributed by atoms with Crippen molar-refractivity contribution in [1.82, 2.24) is 20.2 Å². The van der Waals surface area contributed by atoms with Gasteiger partial charge in [0.25, 0.3) is 5.91 Å². The molecule has 1 aliphatic rings. The van der Waals surface area contributed by atoms with Crippen LogP contribution in [0, 0.1) is 0 Å². The molecule has 0 spiro atoms. The Morgan fingerprint density at radius 2 is 2.33 bits per heavy atom. The Morgan fingerprint density at radius 1 is 1.53 bits per heavy atom. The smallest absolute Gasteiger partial charge is 0.271 e. The fourth-order valence-electron chi connectivity index (χ4n) is 1.65. The lowest BCUT2D eigenvalue weighted by Gasteiger charge is -2.23. The summed E-state index contributed by atoms with van der Waals surface area (Å²) < 4.78 is 0. The molecule has 0 radical (unpaired) electrons.